The highest BCUT2D eigenvalue weighted by Crippen LogP contribution is 2.27. The Morgan fingerprint density at radius 1 is 1.36 bits per heavy atom. The van der Waals surface area contributed by atoms with E-state index in [2.05, 4.69) is 11.6 Å². The first kappa shape index (κ1) is 18.5. The number of benzene rings is 1. The molecule has 6 nitrogen and oxygen atoms in total. The Morgan fingerprint density at radius 2 is 2.14 bits per heavy atom. The minimum absolute atomic E-state index is 0.136. The van der Waals surface area contributed by atoms with Gasteiger partial charge in [-0.05, 0) is 25.8 Å². The highest BCUT2D eigenvalue weighted by Gasteiger charge is 2.28. The molecule has 1 saturated heterocycles. The Kier molecular flexibility index (Phi) is 4.81. The van der Waals surface area contributed by atoms with Gasteiger partial charge in [0.05, 0.1) is 5.69 Å². The molecule has 3 heterocycles. The Hall–Kier alpha value is -2.86. The van der Waals surface area contributed by atoms with Crippen molar-refractivity contribution >= 4 is 23.2 Å². The lowest BCUT2D eigenvalue weighted by Gasteiger charge is -2.19. The number of amides is 1. The molecule has 1 fully saturated rings. The van der Waals surface area contributed by atoms with Crippen LogP contribution in [-0.4, -0.2) is 37.3 Å². The molecule has 1 amide bonds. The second kappa shape index (κ2) is 7.28. The van der Waals surface area contributed by atoms with Gasteiger partial charge in [0.15, 0.2) is 0 Å². The van der Waals surface area contributed by atoms with Crippen molar-refractivity contribution in [3.05, 3.63) is 70.4 Å². The first-order valence-electron chi connectivity index (χ1n) is 9.30. The minimum atomic E-state index is -0.286. The van der Waals surface area contributed by atoms with E-state index >= 15 is 0 Å². The zero-order chi connectivity index (χ0) is 19.8. The van der Waals surface area contributed by atoms with Gasteiger partial charge in [-0.15, -0.1) is 6.58 Å². The zero-order valence-electron chi connectivity index (χ0n) is 15.6. The van der Waals surface area contributed by atoms with Gasteiger partial charge in [0.2, 0.25) is 5.65 Å². The summed E-state index contributed by atoms with van der Waals surface area (Å²) in [6, 6.07) is 7.53. The summed E-state index contributed by atoms with van der Waals surface area (Å²) in [5, 5.41) is 0.543. The average molecular weight is 397 g/mol. The van der Waals surface area contributed by atoms with Gasteiger partial charge in [-0.25, -0.2) is 4.98 Å². The molecule has 28 heavy (non-hydrogen) atoms. The summed E-state index contributed by atoms with van der Waals surface area (Å²) in [6.45, 7) is 6.82. The number of rotatable bonds is 4. The van der Waals surface area contributed by atoms with E-state index in [1.54, 1.807) is 33.5 Å². The Bertz CT molecular complexity index is 1130. The number of carbonyl (C=O) groups is 1. The lowest BCUT2D eigenvalue weighted by molar-refractivity contribution is 0.0742. The highest BCUT2D eigenvalue weighted by atomic mass is 35.5. The van der Waals surface area contributed by atoms with Crippen molar-refractivity contribution in [2.45, 2.75) is 32.4 Å². The first-order valence-corrected chi connectivity index (χ1v) is 9.68. The molecular weight excluding hydrogens is 376 g/mol. The summed E-state index contributed by atoms with van der Waals surface area (Å²) in [5.74, 6) is -0.136. The van der Waals surface area contributed by atoms with Crippen LogP contribution in [0, 0.1) is 0 Å². The van der Waals surface area contributed by atoms with E-state index in [1.807, 2.05) is 30.0 Å². The number of aromatic nitrogens is 3. The number of hydrogen-bond donors (Lipinski definition) is 0. The third kappa shape index (κ3) is 3.03. The van der Waals surface area contributed by atoms with Crippen molar-refractivity contribution in [2.24, 2.45) is 0 Å². The van der Waals surface area contributed by atoms with Gasteiger partial charge in [-0.2, -0.15) is 0 Å². The maximum Gasteiger partial charge on any atom is 0.295 e. The fourth-order valence-corrected chi connectivity index (χ4v) is 3.99. The third-order valence-electron chi connectivity index (χ3n) is 5.22. The molecule has 1 aromatic carbocycles. The van der Waals surface area contributed by atoms with E-state index in [1.165, 1.54) is 0 Å². The summed E-state index contributed by atoms with van der Waals surface area (Å²) >= 11 is 6.37. The van der Waals surface area contributed by atoms with Crippen molar-refractivity contribution in [3.63, 3.8) is 0 Å². The van der Waals surface area contributed by atoms with Crippen LogP contribution in [-0.2, 0) is 6.54 Å². The van der Waals surface area contributed by atoms with E-state index in [-0.39, 0.29) is 28.8 Å². The van der Waals surface area contributed by atoms with Crippen LogP contribution in [0.2, 0.25) is 5.02 Å². The van der Waals surface area contributed by atoms with Gasteiger partial charge >= 0.3 is 0 Å². The summed E-state index contributed by atoms with van der Waals surface area (Å²) in [6.07, 6.45) is 7.05. The molecular formula is C21H21ClN4O2. The maximum atomic E-state index is 13.1. The molecule has 7 heteroatoms. The standard InChI is InChI=1S/C21H21ClN4O2/c1-3-10-26-18(15-8-4-5-9-16(15)22)13-24-12-17(23-19(24)21(26)28)20(27)25-11-6-7-14(25)2/h3-5,8-9,12-14H,1,6-7,10-11H2,2H3/t14-/m0/s1. The van der Waals surface area contributed by atoms with Crippen LogP contribution < -0.4 is 5.56 Å². The normalized spacial score (nSPS) is 16.6. The number of nitrogens with zero attached hydrogens (tertiary/aromatic N) is 4. The van der Waals surface area contributed by atoms with E-state index in [0.717, 1.165) is 24.9 Å². The first-order chi connectivity index (χ1) is 13.5. The van der Waals surface area contributed by atoms with Crippen LogP contribution >= 0.6 is 11.6 Å². The Balaban J connectivity index is 1.89. The number of allylic oxidation sites excluding steroid dienone is 1. The van der Waals surface area contributed by atoms with Gasteiger partial charge in [-0.1, -0.05) is 35.9 Å². The highest BCUT2D eigenvalue weighted by molar-refractivity contribution is 6.33. The second-order valence-corrected chi connectivity index (χ2v) is 7.45. The van der Waals surface area contributed by atoms with Crippen molar-refractivity contribution in [3.8, 4) is 11.3 Å². The van der Waals surface area contributed by atoms with Crippen LogP contribution in [0.25, 0.3) is 16.9 Å². The molecule has 0 unspecified atom stereocenters. The van der Waals surface area contributed by atoms with Gasteiger partial charge < -0.3 is 4.90 Å². The fraction of sp³-hybridized carbons (Fsp3) is 0.286. The predicted molar refractivity (Wildman–Crippen MR) is 110 cm³/mol. The molecule has 3 aromatic rings. The number of carbonyl (C=O) groups excluding carboxylic acids is 1. The average Bonchev–Trinajstić information content (AvgIpc) is 3.30. The largest absolute Gasteiger partial charge is 0.335 e. The Labute approximate surface area is 167 Å². The molecule has 1 atom stereocenters. The van der Waals surface area contributed by atoms with Gasteiger partial charge in [0.1, 0.15) is 5.69 Å². The molecule has 0 spiro atoms. The quantitative estimate of drug-likeness (QED) is 0.633. The van der Waals surface area contributed by atoms with E-state index in [4.69, 9.17) is 11.6 Å². The van der Waals surface area contributed by atoms with Crippen molar-refractivity contribution < 1.29 is 4.79 Å². The van der Waals surface area contributed by atoms with E-state index in [9.17, 15) is 9.59 Å². The number of halogens is 1. The van der Waals surface area contributed by atoms with Crippen LogP contribution in [0.3, 0.4) is 0 Å². The van der Waals surface area contributed by atoms with Gasteiger partial charge in [-0.3, -0.25) is 18.6 Å². The molecule has 0 bridgehead atoms. The topological polar surface area (TPSA) is 59.6 Å². The summed E-state index contributed by atoms with van der Waals surface area (Å²) < 4.78 is 3.19. The molecule has 0 saturated carbocycles. The van der Waals surface area contributed by atoms with Gasteiger partial charge in [0, 0.05) is 42.1 Å². The molecule has 1 aliphatic heterocycles. The van der Waals surface area contributed by atoms with Crippen LogP contribution in [0.1, 0.15) is 30.3 Å². The maximum absolute atomic E-state index is 13.1. The van der Waals surface area contributed by atoms with Crippen molar-refractivity contribution in [1.29, 1.82) is 0 Å². The summed E-state index contributed by atoms with van der Waals surface area (Å²) in [7, 11) is 0. The molecule has 4 rings (SSSR count). The van der Waals surface area contributed by atoms with Crippen LogP contribution in [0.15, 0.2) is 54.1 Å². The zero-order valence-corrected chi connectivity index (χ0v) is 16.4. The summed E-state index contributed by atoms with van der Waals surface area (Å²) in [4.78, 5) is 32.2. The SMILES string of the molecule is C=CCn1c(-c2ccccc2Cl)cn2cc(C(=O)N3CCC[C@@H]3C)nc2c1=O. The van der Waals surface area contributed by atoms with E-state index in [0.29, 0.717) is 17.3 Å². The number of hydrogen-bond acceptors (Lipinski definition) is 3. The number of fused-ring (bicyclic) bond motifs is 1. The summed E-state index contributed by atoms with van der Waals surface area (Å²) in [5.41, 5.74) is 1.60. The van der Waals surface area contributed by atoms with Crippen molar-refractivity contribution in [2.75, 3.05) is 6.54 Å². The number of imidazole rings is 1. The predicted octanol–water partition coefficient (Wildman–Crippen LogP) is 3.63. The third-order valence-corrected chi connectivity index (χ3v) is 5.54. The molecule has 1 aliphatic rings. The smallest absolute Gasteiger partial charge is 0.295 e. The molecule has 144 valence electrons. The lowest BCUT2D eigenvalue weighted by atomic mass is 10.1. The second-order valence-electron chi connectivity index (χ2n) is 7.05. The molecule has 0 aliphatic carbocycles. The fourth-order valence-electron chi connectivity index (χ4n) is 3.76. The van der Waals surface area contributed by atoms with E-state index < -0.39 is 0 Å². The lowest BCUT2D eigenvalue weighted by Crippen LogP contribution is -2.33. The number of likely N-dealkylation sites (tertiary alicyclic amines) is 1. The van der Waals surface area contributed by atoms with Crippen LogP contribution in [0.5, 0.6) is 0 Å². The minimum Gasteiger partial charge on any atom is -0.335 e. The Morgan fingerprint density at radius 3 is 2.82 bits per heavy atom. The van der Waals surface area contributed by atoms with Crippen LogP contribution in [0.4, 0.5) is 0 Å². The molecule has 2 aromatic heterocycles. The monoisotopic (exact) mass is 396 g/mol. The van der Waals surface area contributed by atoms with Crippen molar-refractivity contribution in [1.82, 2.24) is 18.9 Å². The van der Waals surface area contributed by atoms with Gasteiger partial charge in [0.25, 0.3) is 11.5 Å². The molecule has 0 radical (unpaired) electrons. The molecule has 0 N–H and O–H groups in total.